The second kappa shape index (κ2) is 6.57. The van der Waals surface area contributed by atoms with Crippen molar-refractivity contribution in [2.45, 2.75) is 24.5 Å². The average Bonchev–Trinajstić information content (AvgIpc) is 2.98. The number of benzene rings is 1. The Labute approximate surface area is 142 Å². The van der Waals surface area contributed by atoms with Gasteiger partial charge in [0, 0.05) is 17.5 Å². The molecule has 0 N–H and O–H groups in total. The number of imidazole rings is 1. The van der Waals surface area contributed by atoms with Crippen LogP contribution >= 0.6 is 0 Å². The SMILES string of the molecule is COc1cc(C(C)=O)ccc1[S@](=O)Cc1cn2c(C)cccc2n1. The van der Waals surface area contributed by atoms with Crippen LogP contribution in [-0.4, -0.2) is 26.5 Å². The number of nitrogens with zero attached hydrogens (tertiary/aromatic N) is 2. The maximum Gasteiger partial charge on any atom is 0.159 e. The molecule has 3 aromatic rings. The molecule has 0 aliphatic heterocycles. The van der Waals surface area contributed by atoms with Crippen molar-refractivity contribution in [2.75, 3.05) is 7.11 Å². The minimum absolute atomic E-state index is 0.0542. The molecule has 24 heavy (non-hydrogen) atoms. The van der Waals surface area contributed by atoms with Crippen LogP contribution in [0, 0.1) is 6.92 Å². The topological polar surface area (TPSA) is 60.7 Å². The summed E-state index contributed by atoms with van der Waals surface area (Å²) in [5.41, 5.74) is 3.19. The summed E-state index contributed by atoms with van der Waals surface area (Å²) in [5, 5.41) is 0. The number of carbonyl (C=O) groups is 1. The van der Waals surface area contributed by atoms with E-state index >= 15 is 0 Å². The minimum atomic E-state index is -1.31. The Balaban J connectivity index is 1.91. The number of pyridine rings is 1. The zero-order valence-corrected chi connectivity index (χ0v) is 14.6. The lowest BCUT2D eigenvalue weighted by atomic mass is 10.1. The van der Waals surface area contributed by atoms with Crippen LogP contribution in [0.2, 0.25) is 0 Å². The van der Waals surface area contributed by atoms with E-state index in [-0.39, 0.29) is 11.5 Å². The van der Waals surface area contributed by atoms with Gasteiger partial charge in [0.2, 0.25) is 0 Å². The number of carbonyl (C=O) groups excluding carboxylic acids is 1. The molecule has 0 radical (unpaired) electrons. The van der Waals surface area contributed by atoms with E-state index in [4.69, 9.17) is 4.74 Å². The molecule has 6 heteroatoms. The molecule has 0 bridgehead atoms. The Morgan fingerprint density at radius 3 is 2.75 bits per heavy atom. The third-order valence-electron chi connectivity index (χ3n) is 3.84. The summed E-state index contributed by atoms with van der Waals surface area (Å²) in [4.78, 5) is 16.6. The van der Waals surface area contributed by atoms with E-state index in [1.807, 2.05) is 35.7 Å². The normalized spacial score (nSPS) is 12.3. The van der Waals surface area contributed by atoms with E-state index in [9.17, 15) is 9.00 Å². The smallest absolute Gasteiger partial charge is 0.159 e. The molecular formula is C18H18N2O3S. The van der Waals surface area contributed by atoms with Gasteiger partial charge in [0.25, 0.3) is 0 Å². The number of Topliss-reactive ketones (excluding diaryl/α,β-unsaturated/α-hetero) is 1. The summed E-state index contributed by atoms with van der Waals surface area (Å²) in [6.45, 7) is 3.49. The molecule has 0 aliphatic rings. The molecule has 1 atom stereocenters. The lowest BCUT2D eigenvalue weighted by molar-refractivity contribution is 0.101. The first-order chi connectivity index (χ1) is 11.5. The molecule has 5 nitrogen and oxygen atoms in total. The average molecular weight is 342 g/mol. The van der Waals surface area contributed by atoms with Crippen LogP contribution in [0.4, 0.5) is 0 Å². The summed E-state index contributed by atoms with van der Waals surface area (Å²) in [5.74, 6) is 0.694. The highest BCUT2D eigenvalue weighted by Crippen LogP contribution is 2.26. The van der Waals surface area contributed by atoms with Gasteiger partial charge in [-0.1, -0.05) is 6.07 Å². The zero-order valence-electron chi connectivity index (χ0n) is 13.8. The van der Waals surface area contributed by atoms with Crippen molar-refractivity contribution in [1.29, 1.82) is 0 Å². The third-order valence-corrected chi connectivity index (χ3v) is 5.23. The van der Waals surface area contributed by atoms with Crippen LogP contribution in [0.1, 0.15) is 28.7 Å². The van der Waals surface area contributed by atoms with E-state index in [1.165, 1.54) is 14.0 Å². The molecule has 2 heterocycles. The van der Waals surface area contributed by atoms with Crippen LogP contribution in [0.3, 0.4) is 0 Å². The number of aromatic nitrogens is 2. The van der Waals surface area contributed by atoms with Crippen LogP contribution in [0.5, 0.6) is 5.75 Å². The predicted molar refractivity (Wildman–Crippen MR) is 93.0 cm³/mol. The van der Waals surface area contributed by atoms with Crippen molar-refractivity contribution in [3.05, 3.63) is 59.5 Å². The van der Waals surface area contributed by atoms with Gasteiger partial charge in [-0.25, -0.2) is 4.98 Å². The maximum absolute atomic E-state index is 12.7. The van der Waals surface area contributed by atoms with Gasteiger partial charge in [-0.15, -0.1) is 0 Å². The molecule has 2 aromatic heterocycles. The largest absolute Gasteiger partial charge is 0.495 e. The number of ether oxygens (including phenoxy) is 1. The van der Waals surface area contributed by atoms with Gasteiger partial charge in [0.15, 0.2) is 5.78 Å². The van der Waals surface area contributed by atoms with Gasteiger partial charge in [-0.05, 0) is 44.2 Å². The van der Waals surface area contributed by atoms with Gasteiger partial charge in [-0.3, -0.25) is 9.00 Å². The first-order valence-corrected chi connectivity index (χ1v) is 8.82. The van der Waals surface area contributed by atoms with Gasteiger partial charge in [-0.2, -0.15) is 0 Å². The molecule has 0 aliphatic carbocycles. The molecule has 1 aromatic carbocycles. The summed E-state index contributed by atoms with van der Waals surface area (Å²) in [6.07, 6.45) is 1.90. The van der Waals surface area contributed by atoms with Crippen molar-refractivity contribution in [2.24, 2.45) is 0 Å². The fourth-order valence-corrected chi connectivity index (χ4v) is 3.70. The number of hydrogen-bond acceptors (Lipinski definition) is 4. The van der Waals surface area contributed by atoms with Crippen molar-refractivity contribution in [3.63, 3.8) is 0 Å². The molecule has 0 fully saturated rings. The van der Waals surface area contributed by atoms with Crippen molar-refractivity contribution < 1.29 is 13.7 Å². The first kappa shape index (κ1) is 16.4. The van der Waals surface area contributed by atoms with Crippen molar-refractivity contribution >= 4 is 22.2 Å². The number of rotatable bonds is 5. The lowest BCUT2D eigenvalue weighted by Gasteiger charge is -2.09. The Kier molecular flexibility index (Phi) is 4.49. The van der Waals surface area contributed by atoms with E-state index in [1.54, 1.807) is 18.2 Å². The number of aryl methyl sites for hydroxylation is 1. The predicted octanol–water partition coefficient (Wildman–Crippen LogP) is 3.16. The van der Waals surface area contributed by atoms with Gasteiger partial charge in [0.05, 0.1) is 34.3 Å². The van der Waals surface area contributed by atoms with Gasteiger partial charge < -0.3 is 9.14 Å². The molecular weight excluding hydrogens is 324 g/mol. The van der Waals surface area contributed by atoms with Crippen LogP contribution in [0.25, 0.3) is 5.65 Å². The minimum Gasteiger partial charge on any atom is -0.495 e. The third kappa shape index (κ3) is 3.10. The highest BCUT2D eigenvalue weighted by molar-refractivity contribution is 7.84. The van der Waals surface area contributed by atoms with E-state index in [2.05, 4.69) is 4.98 Å². The molecule has 0 unspecified atom stereocenters. The van der Waals surface area contributed by atoms with Gasteiger partial charge in [0.1, 0.15) is 11.4 Å². The van der Waals surface area contributed by atoms with E-state index in [0.717, 1.165) is 17.0 Å². The lowest BCUT2D eigenvalue weighted by Crippen LogP contribution is -2.02. The number of hydrogen-bond donors (Lipinski definition) is 0. The zero-order chi connectivity index (χ0) is 17.3. The fraction of sp³-hybridized carbons (Fsp3) is 0.222. The van der Waals surface area contributed by atoms with Crippen LogP contribution in [-0.2, 0) is 16.6 Å². The first-order valence-electron chi connectivity index (χ1n) is 7.50. The molecule has 0 spiro atoms. The monoisotopic (exact) mass is 342 g/mol. The molecule has 0 saturated carbocycles. The summed E-state index contributed by atoms with van der Waals surface area (Å²) in [7, 11) is 0.195. The molecule has 3 rings (SSSR count). The summed E-state index contributed by atoms with van der Waals surface area (Å²) in [6, 6.07) is 10.9. The maximum atomic E-state index is 12.7. The standard InChI is InChI=1S/C18H18N2O3S/c1-12-5-4-6-18-19-15(10-20(12)18)11-24(22)17-8-7-14(13(2)21)9-16(17)23-3/h4-10H,11H2,1-3H3/t24-/m1/s1. The Hall–Kier alpha value is -2.47. The molecule has 124 valence electrons. The fourth-order valence-electron chi connectivity index (χ4n) is 2.56. The molecule has 0 saturated heterocycles. The van der Waals surface area contributed by atoms with E-state index in [0.29, 0.717) is 16.2 Å². The van der Waals surface area contributed by atoms with E-state index < -0.39 is 10.8 Å². The van der Waals surface area contributed by atoms with Crippen LogP contribution in [0.15, 0.2) is 47.5 Å². The highest BCUT2D eigenvalue weighted by Gasteiger charge is 2.15. The molecule has 0 amide bonds. The second-order valence-electron chi connectivity index (χ2n) is 5.54. The number of ketones is 1. The van der Waals surface area contributed by atoms with Crippen molar-refractivity contribution in [1.82, 2.24) is 9.38 Å². The number of fused-ring (bicyclic) bond motifs is 1. The Bertz CT molecular complexity index is 947. The quantitative estimate of drug-likeness (QED) is 0.668. The Morgan fingerprint density at radius 2 is 2.08 bits per heavy atom. The van der Waals surface area contributed by atoms with Crippen LogP contribution < -0.4 is 4.74 Å². The highest BCUT2D eigenvalue weighted by atomic mass is 32.2. The number of methoxy groups -OCH3 is 1. The Morgan fingerprint density at radius 1 is 1.29 bits per heavy atom. The summed E-state index contributed by atoms with van der Waals surface area (Å²) < 4.78 is 20.0. The second-order valence-corrected chi connectivity index (χ2v) is 6.96. The van der Waals surface area contributed by atoms with Gasteiger partial charge >= 0.3 is 0 Å². The summed E-state index contributed by atoms with van der Waals surface area (Å²) >= 11 is 0. The van der Waals surface area contributed by atoms with Crippen molar-refractivity contribution in [3.8, 4) is 5.75 Å².